The number of hydrogen-bond donors (Lipinski definition) is 0. The van der Waals surface area contributed by atoms with Gasteiger partial charge in [0.05, 0.1) is 0 Å². The molecule has 1 amide bonds. The first-order valence-corrected chi connectivity index (χ1v) is 5.06. The maximum atomic E-state index is 11.9. The van der Waals surface area contributed by atoms with Crippen LogP contribution in [-0.4, -0.2) is 17.4 Å². The van der Waals surface area contributed by atoms with Crippen molar-refractivity contribution in [1.82, 2.24) is 4.90 Å². The van der Waals surface area contributed by atoms with Crippen molar-refractivity contribution in [3.05, 3.63) is 48.0 Å². The molecule has 0 bridgehead atoms. The molecular weight excluding hydrogens is 200 g/mol. The van der Waals surface area contributed by atoms with E-state index in [4.69, 9.17) is 5.26 Å². The molecule has 16 heavy (non-hydrogen) atoms. The second kappa shape index (κ2) is 5.72. The molecule has 0 aliphatic rings. The summed E-state index contributed by atoms with van der Waals surface area (Å²) in [5.41, 5.74) is 1.49. The van der Waals surface area contributed by atoms with Gasteiger partial charge in [0, 0.05) is 12.1 Å². The lowest BCUT2D eigenvalue weighted by Crippen LogP contribution is -2.27. The zero-order valence-electron chi connectivity index (χ0n) is 9.31. The largest absolute Gasteiger partial charge is 0.268 e. The third-order valence-corrected chi connectivity index (χ3v) is 2.15. The number of carbonyl (C=O) groups is 1. The fourth-order valence-corrected chi connectivity index (χ4v) is 1.24. The van der Waals surface area contributed by atoms with Gasteiger partial charge in [-0.1, -0.05) is 23.8 Å². The highest BCUT2D eigenvalue weighted by atomic mass is 16.2. The molecule has 0 atom stereocenters. The molecule has 0 heterocycles. The Morgan fingerprint density at radius 3 is 2.56 bits per heavy atom. The summed E-state index contributed by atoms with van der Waals surface area (Å²) in [6.45, 7) is 6.01. The maximum Gasteiger partial charge on any atom is 0.266 e. The number of rotatable bonds is 4. The molecule has 82 valence electrons. The number of nitrogens with zero attached hydrogens (tertiary/aromatic N) is 2. The first kappa shape index (κ1) is 12.0. The second-order valence-electron chi connectivity index (χ2n) is 3.63. The molecule has 3 nitrogen and oxygen atoms in total. The first-order valence-electron chi connectivity index (χ1n) is 5.06. The molecule has 1 aromatic carbocycles. The Bertz CT molecular complexity index is 417. The van der Waals surface area contributed by atoms with E-state index in [1.165, 1.54) is 0 Å². The van der Waals surface area contributed by atoms with Crippen LogP contribution in [0.25, 0.3) is 0 Å². The number of carbonyl (C=O) groups excluding carboxylic acids is 1. The fourth-order valence-electron chi connectivity index (χ4n) is 1.24. The molecule has 0 aliphatic carbocycles. The normalized spacial score (nSPS) is 9.25. The van der Waals surface area contributed by atoms with E-state index in [1.54, 1.807) is 24.3 Å². The van der Waals surface area contributed by atoms with Crippen molar-refractivity contribution in [2.75, 3.05) is 6.54 Å². The Morgan fingerprint density at radius 1 is 1.44 bits per heavy atom. The number of hydrogen-bond acceptors (Lipinski definition) is 2. The summed E-state index contributed by atoms with van der Waals surface area (Å²) < 4.78 is 0. The first-order chi connectivity index (χ1) is 7.65. The predicted octanol–water partition coefficient (Wildman–Crippen LogP) is 2.58. The zero-order chi connectivity index (χ0) is 12.0. The van der Waals surface area contributed by atoms with Crippen LogP contribution in [0.5, 0.6) is 0 Å². The monoisotopic (exact) mass is 214 g/mol. The van der Waals surface area contributed by atoms with E-state index in [2.05, 4.69) is 6.58 Å². The summed E-state index contributed by atoms with van der Waals surface area (Å²) in [6.07, 6.45) is 2.54. The van der Waals surface area contributed by atoms with Crippen molar-refractivity contribution >= 4 is 5.91 Å². The highest BCUT2D eigenvalue weighted by Crippen LogP contribution is 2.06. The van der Waals surface area contributed by atoms with E-state index in [9.17, 15) is 4.79 Å². The molecule has 1 aromatic rings. The van der Waals surface area contributed by atoms with Crippen LogP contribution in [0.1, 0.15) is 23.7 Å². The summed E-state index contributed by atoms with van der Waals surface area (Å²) in [7, 11) is 0. The van der Waals surface area contributed by atoms with Gasteiger partial charge in [-0.05, 0) is 25.5 Å². The van der Waals surface area contributed by atoms with Gasteiger partial charge < -0.3 is 0 Å². The average molecular weight is 214 g/mol. The van der Waals surface area contributed by atoms with Crippen LogP contribution in [0.15, 0.2) is 42.5 Å². The Labute approximate surface area is 95.6 Å². The van der Waals surface area contributed by atoms with Gasteiger partial charge in [-0.3, -0.25) is 4.79 Å². The lowest BCUT2D eigenvalue weighted by atomic mass is 10.2. The third-order valence-electron chi connectivity index (χ3n) is 2.15. The Morgan fingerprint density at radius 2 is 2.06 bits per heavy atom. The SMILES string of the molecule is C=C(C)CCN(C#N)C(=O)c1ccccc1. The summed E-state index contributed by atoms with van der Waals surface area (Å²) in [6, 6.07) is 8.80. The molecule has 0 aliphatic heterocycles. The molecule has 0 radical (unpaired) electrons. The Hall–Kier alpha value is -2.08. The molecule has 1 rings (SSSR count). The second-order valence-corrected chi connectivity index (χ2v) is 3.63. The molecule has 0 N–H and O–H groups in total. The minimum Gasteiger partial charge on any atom is -0.268 e. The van der Waals surface area contributed by atoms with Crippen LogP contribution in [-0.2, 0) is 0 Å². The molecule has 0 aromatic heterocycles. The van der Waals surface area contributed by atoms with Gasteiger partial charge in [-0.2, -0.15) is 5.26 Å². The van der Waals surface area contributed by atoms with Crippen molar-refractivity contribution in [3.8, 4) is 6.19 Å². The minimum atomic E-state index is -0.260. The molecule has 0 saturated carbocycles. The standard InChI is InChI=1S/C13H14N2O/c1-11(2)8-9-15(10-14)13(16)12-6-4-3-5-7-12/h3-7H,1,8-9H2,2H3. The van der Waals surface area contributed by atoms with Crippen LogP contribution in [0.4, 0.5) is 0 Å². The van der Waals surface area contributed by atoms with Crippen LogP contribution in [0, 0.1) is 11.5 Å². The highest BCUT2D eigenvalue weighted by molar-refractivity contribution is 5.95. The number of nitriles is 1. The number of amides is 1. The van der Waals surface area contributed by atoms with Crippen LogP contribution < -0.4 is 0 Å². The van der Waals surface area contributed by atoms with Crippen molar-refractivity contribution in [1.29, 1.82) is 5.26 Å². The van der Waals surface area contributed by atoms with Gasteiger partial charge in [0.2, 0.25) is 0 Å². The van der Waals surface area contributed by atoms with Gasteiger partial charge in [-0.25, -0.2) is 4.90 Å². The van der Waals surface area contributed by atoms with Crippen molar-refractivity contribution in [3.63, 3.8) is 0 Å². The molecular formula is C13H14N2O. The van der Waals surface area contributed by atoms with Gasteiger partial charge in [0.25, 0.3) is 5.91 Å². The van der Waals surface area contributed by atoms with E-state index in [0.717, 1.165) is 10.5 Å². The van der Waals surface area contributed by atoms with E-state index < -0.39 is 0 Å². The van der Waals surface area contributed by atoms with E-state index in [1.807, 2.05) is 19.2 Å². The van der Waals surface area contributed by atoms with Gasteiger partial charge in [0.15, 0.2) is 6.19 Å². The topological polar surface area (TPSA) is 44.1 Å². The van der Waals surface area contributed by atoms with Crippen LogP contribution in [0.2, 0.25) is 0 Å². The Balaban J connectivity index is 2.71. The molecule has 0 saturated heterocycles. The average Bonchev–Trinajstić information content (AvgIpc) is 2.30. The fraction of sp³-hybridized carbons (Fsp3) is 0.231. The van der Waals surface area contributed by atoms with Crippen molar-refractivity contribution < 1.29 is 4.79 Å². The Kier molecular flexibility index (Phi) is 4.28. The summed E-state index contributed by atoms with van der Waals surface area (Å²) >= 11 is 0. The van der Waals surface area contributed by atoms with Gasteiger partial charge in [0.1, 0.15) is 0 Å². The minimum absolute atomic E-state index is 0.260. The molecule has 0 fully saturated rings. The quantitative estimate of drug-likeness (QED) is 0.439. The van der Waals surface area contributed by atoms with Crippen molar-refractivity contribution in [2.45, 2.75) is 13.3 Å². The third kappa shape index (κ3) is 3.25. The smallest absolute Gasteiger partial charge is 0.266 e. The van der Waals surface area contributed by atoms with E-state index in [0.29, 0.717) is 18.5 Å². The van der Waals surface area contributed by atoms with Gasteiger partial charge in [-0.15, -0.1) is 6.58 Å². The molecule has 3 heteroatoms. The van der Waals surface area contributed by atoms with Gasteiger partial charge >= 0.3 is 0 Å². The van der Waals surface area contributed by atoms with Crippen LogP contribution >= 0.6 is 0 Å². The number of benzene rings is 1. The molecule has 0 unspecified atom stereocenters. The highest BCUT2D eigenvalue weighted by Gasteiger charge is 2.14. The lowest BCUT2D eigenvalue weighted by Gasteiger charge is -2.13. The summed E-state index contributed by atoms with van der Waals surface area (Å²) in [4.78, 5) is 13.0. The maximum absolute atomic E-state index is 11.9. The predicted molar refractivity (Wildman–Crippen MR) is 62.5 cm³/mol. The van der Waals surface area contributed by atoms with E-state index in [-0.39, 0.29) is 5.91 Å². The van der Waals surface area contributed by atoms with Crippen LogP contribution in [0.3, 0.4) is 0 Å². The summed E-state index contributed by atoms with van der Waals surface area (Å²) in [5.74, 6) is -0.260. The summed E-state index contributed by atoms with van der Waals surface area (Å²) in [5, 5.41) is 8.90. The van der Waals surface area contributed by atoms with E-state index >= 15 is 0 Å². The lowest BCUT2D eigenvalue weighted by molar-refractivity contribution is 0.0833. The zero-order valence-corrected chi connectivity index (χ0v) is 9.31. The van der Waals surface area contributed by atoms with Crippen molar-refractivity contribution in [2.24, 2.45) is 0 Å². The molecule has 0 spiro atoms.